The summed E-state index contributed by atoms with van der Waals surface area (Å²) >= 11 is 6.43. The molecule has 0 heterocycles. The Morgan fingerprint density at radius 2 is 1.82 bits per heavy atom. The first kappa shape index (κ1) is 29.8. The van der Waals surface area contributed by atoms with Gasteiger partial charge in [0.25, 0.3) is 0 Å². The molecule has 1 fully saturated rings. The number of rotatable bonds is 11. The maximum atomic E-state index is 13.9. The number of anilines is 1. The van der Waals surface area contributed by atoms with E-state index in [4.69, 9.17) is 16.3 Å². The number of nitrogens with one attached hydrogen (secondary N) is 1. The zero-order valence-electron chi connectivity index (χ0n) is 22.6. The van der Waals surface area contributed by atoms with Crippen molar-refractivity contribution in [2.24, 2.45) is 0 Å². The molecule has 0 bridgehead atoms. The van der Waals surface area contributed by atoms with Gasteiger partial charge in [-0.2, -0.15) is 0 Å². The van der Waals surface area contributed by atoms with Gasteiger partial charge in [0.15, 0.2) is 0 Å². The minimum Gasteiger partial charge on any atom is -0.495 e. The summed E-state index contributed by atoms with van der Waals surface area (Å²) in [4.78, 5) is 28.8. The lowest BCUT2D eigenvalue weighted by Crippen LogP contribution is -2.54. The number of halogens is 1. The van der Waals surface area contributed by atoms with Crippen LogP contribution < -0.4 is 14.4 Å². The van der Waals surface area contributed by atoms with Crippen LogP contribution in [-0.4, -0.2) is 57.1 Å². The molecule has 10 heteroatoms. The SMILES string of the molecule is CCC(C(=O)NC1CCCCC1)N(Cc1ccccc1Cl)C(=O)CN(c1cc(C)ccc1OC)S(C)(=O)=O. The van der Waals surface area contributed by atoms with Gasteiger partial charge in [-0.25, -0.2) is 8.42 Å². The van der Waals surface area contributed by atoms with Gasteiger partial charge in [-0.05, 0) is 55.5 Å². The lowest BCUT2D eigenvalue weighted by Gasteiger charge is -2.34. The Balaban J connectivity index is 1.97. The number of aryl methyl sites for hydroxylation is 1. The Labute approximate surface area is 231 Å². The average molecular weight is 564 g/mol. The zero-order valence-corrected chi connectivity index (χ0v) is 24.1. The molecule has 1 saturated carbocycles. The molecule has 2 amide bonds. The minimum absolute atomic E-state index is 0.0671. The maximum Gasteiger partial charge on any atom is 0.244 e. The van der Waals surface area contributed by atoms with Crippen LogP contribution in [0.2, 0.25) is 5.02 Å². The highest BCUT2D eigenvalue weighted by atomic mass is 35.5. The number of nitrogens with zero attached hydrogens (tertiary/aromatic N) is 2. The summed E-state index contributed by atoms with van der Waals surface area (Å²) < 4.78 is 32.3. The lowest BCUT2D eigenvalue weighted by molar-refractivity contribution is -0.140. The number of amides is 2. The third-order valence-electron chi connectivity index (χ3n) is 6.92. The van der Waals surface area contributed by atoms with E-state index in [1.165, 1.54) is 12.0 Å². The third kappa shape index (κ3) is 7.63. The van der Waals surface area contributed by atoms with E-state index in [2.05, 4.69) is 5.32 Å². The smallest absolute Gasteiger partial charge is 0.244 e. The van der Waals surface area contributed by atoms with Gasteiger partial charge >= 0.3 is 0 Å². The first-order chi connectivity index (χ1) is 18.0. The largest absolute Gasteiger partial charge is 0.495 e. The number of methoxy groups -OCH3 is 1. The highest BCUT2D eigenvalue weighted by Gasteiger charge is 2.33. The van der Waals surface area contributed by atoms with Crippen molar-refractivity contribution < 1.29 is 22.7 Å². The second-order valence-corrected chi connectivity index (χ2v) is 12.1. The normalized spacial score (nSPS) is 15.0. The van der Waals surface area contributed by atoms with E-state index in [0.717, 1.165) is 48.2 Å². The minimum atomic E-state index is -3.87. The molecule has 0 spiro atoms. The van der Waals surface area contributed by atoms with E-state index < -0.39 is 28.5 Å². The summed E-state index contributed by atoms with van der Waals surface area (Å²) in [6.07, 6.45) is 6.52. The number of benzene rings is 2. The molecular weight excluding hydrogens is 526 g/mol. The van der Waals surface area contributed by atoms with Crippen LogP contribution >= 0.6 is 11.6 Å². The molecule has 1 aliphatic carbocycles. The number of hydrogen-bond donors (Lipinski definition) is 1. The predicted octanol–water partition coefficient (Wildman–Crippen LogP) is 4.68. The third-order valence-corrected chi connectivity index (χ3v) is 8.41. The predicted molar refractivity (Wildman–Crippen MR) is 151 cm³/mol. The number of hydrogen-bond acceptors (Lipinski definition) is 5. The van der Waals surface area contributed by atoms with Crippen molar-refractivity contribution in [3.05, 3.63) is 58.6 Å². The van der Waals surface area contributed by atoms with Crippen molar-refractivity contribution in [1.82, 2.24) is 10.2 Å². The van der Waals surface area contributed by atoms with Gasteiger partial charge in [0, 0.05) is 17.6 Å². The highest BCUT2D eigenvalue weighted by molar-refractivity contribution is 7.92. The molecular formula is C28H38ClN3O5S. The molecule has 3 rings (SSSR count). The molecule has 1 unspecified atom stereocenters. The van der Waals surface area contributed by atoms with Crippen LogP contribution in [0.4, 0.5) is 5.69 Å². The van der Waals surface area contributed by atoms with Gasteiger partial charge < -0.3 is 15.0 Å². The number of carbonyl (C=O) groups is 2. The van der Waals surface area contributed by atoms with E-state index in [0.29, 0.717) is 22.8 Å². The fourth-order valence-corrected chi connectivity index (χ4v) is 5.90. The standard InChI is InChI=1S/C28H38ClN3O5S/c1-5-24(28(34)30-22-12-7-6-8-13-22)31(18-21-11-9-10-14-23(21)29)27(33)19-32(38(4,35)36)25-17-20(2)15-16-26(25)37-3/h9-11,14-17,22,24H,5-8,12-13,18-19H2,1-4H3,(H,30,34). The fourth-order valence-electron chi connectivity index (χ4n) is 4.86. The molecule has 8 nitrogen and oxygen atoms in total. The van der Waals surface area contributed by atoms with Crippen molar-refractivity contribution in [3.8, 4) is 5.75 Å². The number of sulfonamides is 1. The van der Waals surface area contributed by atoms with Crippen molar-refractivity contribution in [2.45, 2.75) is 71.0 Å². The summed E-state index contributed by atoms with van der Waals surface area (Å²) in [5.41, 5.74) is 1.75. The molecule has 2 aromatic carbocycles. The second kappa shape index (κ2) is 13.3. The molecule has 1 aliphatic rings. The Morgan fingerprint density at radius 3 is 2.42 bits per heavy atom. The van der Waals surface area contributed by atoms with E-state index in [-0.39, 0.29) is 24.2 Å². The number of ether oxygens (including phenoxy) is 1. The van der Waals surface area contributed by atoms with Crippen LogP contribution in [0.15, 0.2) is 42.5 Å². The number of carbonyl (C=O) groups excluding carboxylic acids is 2. The molecule has 0 aliphatic heterocycles. The molecule has 1 atom stereocenters. The van der Waals surface area contributed by atoms with Crippen LogP contribution in [-0.2, 0) is 26.2 Å². The summed E-state index contributed by atoms with van der Waals surface area (Å²) in [6, 6.07) is 11.5. The van der Waals surface area contributed by atoms with Crippen LogP contribution in [0, 0.1) is 6.92 Å². The average Bonchev–Trinajstić information content (AvgIpc) is 2.88. The molecule has 0 aromatic heterocycles. The van der Waals surface area contributed by atoms with Gasteiger partial charge in [0.1, 0.15) is 18.3 Å². The first-order valence-corrected chi connectivity index (χ1v) is 15.2. The quantitative estimate of drug-likeness (QED) is 0.428. The monoisotopic (exact) mass is 563 g/mol. The topological polar surface area (TPSA) is 96.0 Å². The van der Waals surface area contributed by atoms with Crippen LogP contribution in [0.3, 0.4) is 0 Å². The summed E-state index contributed by atoms with van der Waals surface area (Å²) in [5.74, 6) is -0.419. The second-order valence-electron chi connectivity index (χ2n) is 9.83. The van der Waals surface area contributed by atoms with Crippen molar-refractivity contribution >= 4 is 39.1 Å². The summed E-state index contributed by atoms with van der Waals surface area (Å²) in [5, 5.41) is 3.59. The molecule has 0 saturated heterocycles. The van der Waals surface area contributed by atoms with Crippen LogP contribution in [0.5, 0.6) is 5.75 Å². The highest BCUT2D eigenvalue weighted by Crippen LogP contribution is 2.31. The van der Waals surface area contributed by atoms with Crippen molar-refractivity contribution in [1.29, 1.82) is 0 Å². The molecule has 0 radical (unpaired) electrons. The van der Waals surface area contributed by atoms with E-state index in [1.54, 1.807) is 36.4 Å². The molecule has 38 heavy (non-hydrogen) atoms. The molecule has 2 aromatic rings. The lowest BCUT2D eigenvalue weighted by atomic mass is 9.95. The molecule has 1 N–H and O–H groups in total. The van der Waals surface area contributed by atoms with Crippen molar-refractivity contribution in [2.75, 3.05) is 24.2 Å². The van der Waals surface area contributed by atoms with Crippen LogP contribution in [0.25, 0.3) is 0 Å². The Hall–Kier alpha value is -2.78. The Kier molecular flexibility index (Phi) is 10.4. The summed E-state index contributed by atoms with van der Waals surface area (Å²) in [6.45, 7) is 3.25. The van der Waals surface area contributed by atoms with Gasteiger partial charge in [-0.15, -0.1) is 0 Å². The van der Waals surface area contributed by atoms with Crippen molar-refractivity contribution in [3.63, 3.8) is 0 Å². The van der Waals surface area contributed by atoms with Gasteiger partial charge in [0.05, 0.1) is 19.1 Å². The zero-order chi connectivity index (χ0) is 27.9. The van der Waals surface area contributed by atoms with E-state index in [9.17, 15) is 18.0 Å². The van der Waals surface area contributed by atoms with E-state index >= 15 is 0 Å². The Bertz CT molecular complexity index is 1230. The molecule has 208 valence electrons. The first-order valence-electron chi connectivity index (χ1n) is 13.0. The van der Waals surface area contributed by atoms with Gasteiger partial charge in [-0.1, -0.05) is 62.1 Å². The van der Waals surface area contributed by atoms with Crippen LogP contribution in [0.1, 0.15) is 56.6 Å². The fraction of sp³-hybridized carbons (Fsp3) is 0.500. The van der Waals surface area contributed by atoms with Gasteiger partial charge in [-0.3, -0.25) is 13.9 Å². The summed E-state index contributed by atoms with van der Waals surface area (Å²) in [7, 11) is -2.43. The van der Waals surface area contributed by atoms with E-state index in [1.807, 2.05) is 19.9 Å². The maximum absolute atomic E-state index is 13.9. The van der Waals surface area contributed by atoms with Gasteiger partial charge in [0.2, 0.25) is 21.8 Å². The Morgan fingerprint density at radius 1 is 1.13 bits per heavy atom.